The van der Waals surface area contributed by atoms with E-state index in [2.05, 4.69) is 59.5 Å². The summed E-state index contributed by atoms with van der Waals surface area (Å²) in [6.07, 6.45) is 7.53. The van der Waals surface area contributed by atoms with Crippen LogP contribution in [0.2, 0.25) is 0 Å². The molecule has 4 N–H and O–H groups in total. The number of nitrogens with one attached hydrogen (secondary N) is 2. The molecule has 0 bridgehead atoms. The fraction of sp³-hybridized carbons (Fsp3) is 0.483. The van der Waals surface area contributed by atoms with Crippen molar-refractivity contribution in [3.8, 4) is 0 Å². The van der Waals surface area contributed by atoms with Crippen LogP contribution in [0.4, 0.5) is 15.9 Å². The number of rotatable bonds is 12. The van der Waals surface area contributed by atoms with Crippen LogP contribution in [0.25, 0.3) is 0 Å². The zero-order chi connectivity index (χ0) is 27.8. The fourth-order valence-electron chi connectivity index (χ4n) is 5.55. The lowest BCUT2D eigenvalue weighted by molar-refractivity contribution is -0.0471. The molecule has 0 amide bonds. The van der Waals surface area contributed by atoms with Crippen LogP contribution < -0.4 is 16.4 Å². The van der Waals surface area contributed by atoms with Gasteiger partial charge in [0.25, 0.3) is 0 Å². The Bertz CT molecular complexity index is 1180. The van der Waals surface area contributed by atoms with E-state index in [4.69, 9.17) is 10.7 Å². The van der Waals surface area contributed by atoms with Gasteiger partial charge in [0.2, 0.25) is 0 Å². The van der Waals surface area contributed by atoms with E-state index in [1.807, 2.05) is 25.4 Å². The molecule has 2 fully saturated rings. The number of likely N-dealkylation sites (tertiary alicyclic amines) is 2. The van der Waals surface area contributed by atoms with Gasteiger partial charge in [0.15, 0.2) is 0 Å². The molecule has 4 rings (SSSR count). The van der Waals surface area contributed by atoms with E-state index in [1.54, 1.807) is 0 Å². The van der Waals surface area contributed by atoms with Crippen LogP contribution in [0.5, 0.6) is 0 Å². The number of pyridine rings is 1. The van der Waals surface area contributed by atoms with Crippen molar-refractivity contribution >= 4 is 33.2 Å². The number of benzene rings is 1. The molecule has 1 atom stereocenters. The number of hydrogen-bond acceptors (Lipinski definition) is 8. The summed E-state index contributed by atoms with van der Waals surface area (Å²) < 4.78 is 14.9. The number of hydrogen-bond donors (Lipinski definition) is 3. The molecule has 1 aromatic heterocycles. The maximum atomic E-state index is 14.9. The lowest BCUT2D eigenvalue weighted by Crippen LogP contribution is -2.59. The van der Waals surface area contributed by atoms with Crippen LogP contribution in [0.15, 0.2) is 52.0 Å². The molecule has 1 unspecified atom stereocenters. The number of aryl methyl sites for hydroxylation is 1. The number of halogens is 1. The van der Waals surface area contributed by atoms with Crippen molar-refractivity contribution in [2.45, 2.75) is 32.2 Å². The molecular weight excluding hydrogens is 510 g/mol. The number of nitrogens with two attached hydrogens (primary N) is 1. The van der Waals surface area contributed by atoms with E-state index in [1.165, 1.54) is 56.9 Å². The Morgan fingerprint density at radius 3 is 2.69 bits per heavy atom. The highest BCUT2D eigenvalue weighted by atomic mass is 31.0. The number of piperidine rings is 1. The maximum Gasteiger partial charge on any atom is 0.149 e. The summed E-state index contributed by atoms with van der Waals surface area (Å²) in [5, 5.41) is 7.05. The highest BCUT2D eigenvalue weighted by molar-refractivity contribution is 7.25. The SMILES string of the molecule is C=Nc1c(F)cc(C(=N/CNc2ccc(CN3CC4(CCN(C)CC4)C3)cn2)/C(P)=C\N)cc1CCCNC. The van der Waals surface area contributed by atoms with Gasteiger partial charge in [-0.3, -0.25) is 14.9 Å². The maximum absolute atomic E-state index is 14.9. The van der Waals surface area contributed by atoms with E-state index in [0.717, 1.165) is 30.9 Å². The smallest absolute Gasteiger partial charge is 0.149 e. The molecular formula is C29H42FN8P. The molecule has 2 aliphatic rings. The van der Waals surface area contributed by atoms with Crippen molar-refractivity contribution in [3.05, 3.63) is 64.5 Å². The molecule has 2 aliphatic heterocycles. The van der Waals surface area contributed by atoms with Crippen molar-refractivity contribution < 1.29 is 4.39 Å². The molecule has 210 valence electrons. The quantitative estimate of drug-likeness (QED) is 0.211. The molecule has 39 heavy (non-hydrogen) atoms. The summed E-state index contributed by atoms with van der Waals surface area (Å²) in [5.41, 5.74) is 9.89. The molecule has 1 aromatic carbocycles. The monoisotopic (exact) mass is 552 g/mol. The predicted octanol–water partition coefficient (Wildman–Crippen LogP) is 3.77. The Kier molecular flexibility index (Phi) is 10.2. The fourth-order valence-corrected chi connectivity index (χ4v) is 5.81. The second kappa shape index (κ2) is 13.6. The van der Waals surface area contributed by atoms with Gasteiger partial charge in [0, 0.05) is 42.9 Å². The van der Waals surface area contributed by atoms with Crippen LogP contribution in [0.3, 0.4) is 0 Å². The van der Waals surface area contributed by atoms with Crippen LogP contribution in [0.1, 0.15) is 36.0 Å². The van der Waals surface area contributed by atoms with Crippen LogP contribution in [0, 0.1) is 11.2 Å². The Hall–Kier alpha value is -2.71. The Morgan fingerprint density at radius 2 is 2.05 bits per heavy atom. The summed E-state index contributed by atoms with van der Waals surface area (Å²) in [7, 11) is 6.70. The summed E-state index contributed by atoms with van der Waals surface area (Å²) >= 11 is 0. The summed E-state index contributed by atoms with van der Waals surface area (Å²) in [4.78, 5) is 18.2. The van der Waals surface area contributed by atoms with E-state index in [-0.39, 0.29) is 6.67 Å². The lowest BCUT2D eigenvalue weighted by Gasteiger charge is -2.54. The van der Waals surface area contributed by atoms with Gasteiger partial charge in [0.05, 0.1) is 5.71 Å². The molecule has 0 saturated carbocycles. The number of allylic oxidation sites excluding steroid dienone is 1. The summed E-state index contributed by atoms with van der Waals surface area (Å²) in [6.45, 7) is 10.4. The summed E-state index contributed by atoms with van der Waals surface area (Å²) in [6, 6.07) is 7.47. The first kappa shape index (κ1) is 29.3. The average Bonchev–Trinajstić information content (AvgIpc) is 2.92. The minimum absolute atomic E-state index is 0.272. The number of aliphatic imine (C=N–C) groups is 2. The predicted molar refractivity (Wildman–Crippen MR) is 164 cm³/mol. The van der Waals surface area contributed by atoms with Crippen molar-refractivity contribution in [1.82, 2.24) is 20.1 Å². The minimum Gasteiger partial charge on any atom is -0.404 e. The van der Waals surface area contributed by atoms with Crippen LogP contribution in [-0.2, 0) is 13.0 Å². The van der Waals surface area contributed by atoms with Crippen molar-refractivity contribution in [3.63, 3.8) is 0 Å². The Balaban J connectivity index is 1.37. The molecule has 0 radical (unpaired) electrons. The third kappa shape index (κ3) is 7.48. The van der Waals surface area contributed by atoms with Crippen LogP contribution >= 0.6 is 9.24 Å². The normalized spacial score (nSPS) is 18.3. The lowest BCUT2D eigenvalue weighted by atomic mass is 9.72. The highest BCUT2D eigenvalue weighted by Gasteiger charge is 2.43. The standard InChI is InChI=1S/C29H42FN8P/c1-32-10-4-5-22-13-23(14-24(30)27(22)33-2)28(25(39)15-31)36-20-35-26-7-6-21(16-34-26)17-38-18-29(19-38)8-11-37(3)12-9-29/h6-7,13-16,32H,2,4-5,8-12,17-20,31,39H2,1,3H3,(H,34,35)/b25-15+,36-28-. The summed E-state index contributed by atoms with van der Waals surface area (Å²) in [5.74, 6) is 0.322. The topological polar surface area (TPSA) is 94.2 Å². The first-order chi connectivity index (χ1) is 18.9. The second-order valence-corrected chi connectivity index (χ2v) is 11.4. The van der Waals surface area contributed by atoms with Gasteiger partial charge >= 0.3 is 0 Å². The molecule has 2 saturated heterocycles. The molecule has 8 nitrogen and oxygen atoms in total. The average molecular weight is 553 g/mol. The minimum atomic E-state index is -0.418. The highest BCUT2D eigenvalue weighted by Crippen LogP contribution is 2.40. The van der Waals surface area contributed by atoms with Gasteiger partial charge in [-0.1, -0.05) is 6.07 Å². The zero-order valence-corrected chi connectivity index (χ0v) is 24.4. The van der Waals surface area contributed by atoms with Gasteiger partial charge < -0.3 is 21.3 Å². The molecule has 0 aliphatic carbocycles. The zero-order valence-electron chi connectivity index (χ0n) is 23.2. The van der Waals surface area contributed by atoms with Gasteiger partial charge in [0.1, 0.15) is 24.0 Å². The van der Waals surface area contributed by atoms with Gasteiger partial charge in [-0.05, 0) is 101 Å². The second-order valence-electron chi connectivity index (χ2n) is 10.8. The first-order valence-electron chi connectivity index (χ1n) is 13.6. The van der Waals surface area contributed by atoms with Crippen molar-refractivity contribution in [2.24, 2.45) is 21.1 Å². The third-order valence-corrected chi connectivity index (χ3v) is 8.26. The number of aromatic nitrogens is 1. The van der Waals surface area contributed by atoms with Crippen LogP contribution in [-0.4, -0.2) is 80.7 Å². The van der Waals surface area contributed by atoms with Crippen molar-refractivity contribution in [2.75, 3.05) is 58.8 Å². The van der Waals surface area contributed by atoms with Gasteiger partial charge in [-0.2, -0.15) is 0 Å². The Morgan fingerprint density at radius 1 is 1.28 bits per heavy atom. The van der Waals surface area contributed by atoms with E-state index >= 15 is 0 Å². The van der Waals surface area contributed by atoms with E-state index in [0.29, 0.717) is 34.1 Å². The number of nitrogens with zero attached hydrogens (tertiary/aromatic N) is 5. The molecule has 3 heterocycles. The molecule has 2 aromatic rings. The van der Waals surface area contributed by atoms with E-state index < -0.39 is 5.82 Å². The van der Waals surface area contributed by atoms with E-state index in [9.17, 15) is 4.39 Å². The molecule has 1 spiro atoms. The largest absolute Gasteiger partial charge is 0.404 e. The molecule has 10 heteroatoms. The van der Waals surface area contributed by atoms with Gasteiger partial charge in [-0.15, -0.1) is 9.24 Å². The Labute approximate surface area is 234 Å². The van der Waals surface area contributed by atoms with Crippen molar-refractivity contribution in [1.29, 1.82) is 0 Å². The first-order valence-corrected chi connectivity index (χ1v) is 14.2. The van der Waals surface area contributed by atoms with Gasteiger partial charge in [-0.25, -0.2) is 9.37 Å². The number of anilines is 1. The third-order valence-electron chi connectivity index (χ3n) is 7.79.